The van der Waals surface area contributed by atoms with Crippen molar-refractivity contribution in [3.63, 3.8) is 0 Å². The van der Waals surface area contributed by atoms with E-state index in [1.165, 1.54) is 42.5 Å². The number of halogens is 1. The second kappa shape index (κ2) is 7.49. The van der Waals surface area contributed by atoms with Crippen LogP contribution in [0, 0.1) is 5.82 Å². The molecule has 144 valence electrons. The lowest BCUT2D eigenvalue weighted by Crippen LogP contribution is -2.43. The highest BCUT2D eigenvalue weighted by Gasteiger charge is 2.20. The first-order valence-electron chi connectivity index (χ1n) is 8.11. The Bertz CT molecular complexity index is 1120. The monoisotopic (exact) mass is 386 g/mol. The Morgan fingerprint density at radius 2 is 1.82 bits per heavy atom. The van der Waals surface area contributed by atoms with Gasteiger partial charge >= 0.3 is 5.97 Å². The Labute approximate surface area is 156 Å². The van der Waals surface area contributed by atoms with Crippen LogP contribution in [0.2, 0.25) is 0 Å². The van der Waals surface area contributed by atoms with Crippen molar-refractivity contribution in [2.75, 3.05) is 6.61 Å². The zero-order chi connectivity index (χ0) is 20.4. The molecule has 28 heavy (non-hydrogen) atoms. The minimum absolute atomic E-state index is 0.0404. The summed E-state index contributed by atoms with van der Waals surface area (Å²) in [7, 11) is 0. The molecular formula is C19H15FN2O6. The third kappa shape index (κ3) is 3.55. The van der Waals surface area contributed by atoms with Gasteiger partial charge in [0.05, 0.1) is 17.8 Å². The molecular weight excluding hydrogens is 371 g/mol. The van der Waals surface area contributed by atoms with Crippen molar-refractivity contribution in [1.82, 2.24) is 10.3 Å². The molecule has 0 fully saturated rings. The average molecular weight is 386 g/mol. The second-order valence-electron chi connectivity index (χ2n) is 5.99. The predicted octanol–water partition coefficient (Wildman–Crippen LogP) is 1.22. The summed E-state index contributed by atoms with van der Waals surface area (Å²) in [5, 5.41) is 30.4. The number of nitrogens with one attached hydrogen (secondary N) is 2. The molecule has 0 saturated carbocycles. The number of aromatic amines is 1. The Morgan fingerprint density at radius 3 is 2.43 bits per heavy atom. The number of aliphatic hydroxyl groups excluding tert-OH is 1. The topological polar surface area (TPSA) is 140 Å². The highest BCUT2D eigenvalue weighted by molar-refractivity contribution is 6.00. The summed E-state index contributed by atoms with van der Waals surface area (Å²) in [4.78, 5) is 38.4. The number of H-pyrrole nitrogens is 1. The van der Waals surface area contributed by atoms with Crippen molar-refractivity contribution >= 4 is 22.8 Å². The van der Waals surface area contributed by atoms with Crippen LogP contribution in [0.3, 0.4) is 0 Å². The van der Waals surface area contributed by atoms with Gasteiger partial charge in [-0.25, -0.2) is 9.18 Å². The van der Waals surface area contributed by atoms with E-state index in [0.29, 0.717) is 5.56 Å². The lowest BCUT2D eigenvalue weighted by atomic mass is 10.1. The normalized spacial score (nSPS) is 11.9. The van der Waals surface area contributed by atoms with E-state index in [1.54, 1.807) is 0 Å². The largest absolute Gasteiger partial charge is 0.503 e. The molecule has 1 aromatic heterocycles. The first kappa shape index (κ1) is 19.1. The minimum Gasteiger partial charge on any atom is -0.503 e. The molecule has 1 heterocycles. The first-order chi connectivity index (χ1) is 13.3. The number of aliphatic carboxylic acids is 1. The van der Waals surface area contributed by atoms with Crippen LogP contribution in [0.25, 0.3) is 22.2 Å². The number of hydrogen-bond donors (Lipinski definition) is 5. The molecule has 1 amide bonds. The van der Waals surface area contributed by atoms with Crippen LogP contribution in [0.1, 0.15) is 10.4 Å². The van der Waals surface area contributed by atoms with Gasteiger partial charge in [0.25, 0.3) is 5.91 Å². The summed E-state index contributed by atoms with van der Waals surface area (Å²) < 4.78 is 13.1. The number of aliphatic hydroxyl groups is 1. The fourth-order valence-corrected chi connectivity index (χ4v) is 2.67. The maximum Gasteiger partial charge on any atom is 0.328 e. The molecule has 0 spiro atoms. The van der Waals surface area contributed by atoms with Crippen LogP contribution < -0.4 is 10.7 Å². The SMILES string of the molecule is O=C(NC(CO)C(=O)O)c1ccc2c(=O)c(O)c(-c3ccc(F)cc3)[nH]c2c1. The standard InChI is InChI=1S/C19H15FN2O6/c20-11-4-1-9(2-5-11)15-17(25)16(24)12-6-3-10(7-13(12)21-15)18(26)22-14(8-23)19(27)28/h1-7,14,23,25H,8H2,(H,21,24)(H,22,26)(H,27,28). The zero-order valence-electron chi connectivity index (χ0n) is 14.3. The van der Waals surface area contributed by atoms with Crippen LogP contribution in [-0.4, -0.2) is 44.8 Å². The summed E-state index contributed by atoms with van der Waals surface area (Å²) in [6, 6.07) is 7.53. The van der Waals surface area contributed by atoms with Gasteiger partial charge in [-0.15, -0.1) is 0 Å². The summed E-state index contributed by atoms with van der Waals surface area (Å²) in [5.74, 6) is -3.20. The molecule has 2 aromatic carbocycles. The molecule has 0 radical (unpaired) electrons. The van der Waals surface area contributed by atoms with Gasteiger partial charge in [-0.3, -0.25) is 9.59 Å². The van der Waals surface area contributed by atoms with Gasteiger partial charge in [0.15, 0.2) is 11.8 Å². The van der Waals surface area contributed by atoms with E-state index in [2.05, 4.69) is 10.3 Å². The van der Waals surface area contributed by atoms with E-state index in [4.69, 9.17) is 10.2 Å². The minimum atomic E-state index is -1.48. The zero-order valence-corrected chi connectivity index (χ0v) is 14.3. The molecule has 9 heteroatoms. The Morgan fingerprint density at radius 1 is 1.14 bits per heavy atom. The van der Waals surface area contributed by atoms with Crippen molar-refractivity contribution in [3.8, 4) is 17.0 Å². The van der Waals surface area contributed by atoms with E-state index < -0.39 is 41.5 Å². The van der Waals surface area contributed by atoms with Crippen LogP contribution in [-0.2, 0) is 4.79 Å². The van der Waals surface area contributed by atoms with E-state index in [-0.39, 0.29) is 22.2 Å². The van der Waals surface area contributed by atoms with Crippen molar-refractivity contribution in [3.05, 3.63) is 64.1 Å². The first-order valence-corrected chi connectivity index (χ1v) is 8.11. The molecule has 0 aliphatic rings. The number of fused-ring (bicyclic) bond motifs is 1. The van der Waals surface area contributed by atoms with Gasteiger partial charge < -0.3 is 25.6 Å². The number of amides is 1. The number of carbonyl (C=O) groups is 2. The van der Waals surface area contributed by atoms with Gasteiger partial charge in [0, 0.05) is 16.5 Å². The van der Waals surface area contributed by atoms with E-state index in [0.717, 1.165) is 0 Å². The van der Waals surface area contributed by atoms with Crippen molar-refractivity contribution in [1.29, 1.82) is 0 Å². The molecule has 0 aliphatic heterocycles. The average Bonchev–Trinajstić information content (AvgIpc) is 2.68. The summed E-state index contributed by atoms with van der Waals surface area (Å²) in [6.07, 6.45) is 0. The number of pyridine rings is 1. The summed E-state index contributed by atoms with van der Waals surface area (Å²) in [6.45, 7) is -0.784. The Hall–Kier alpha value is -3.72. The number of rotatable bonds is 5. The van der Waals surface area contributed by atoms with Crippen LogP contribution in [0.5, 0.6) is 5.75 Å². The van der Waals surface area contributed by atoms with Gasteiger partial charge in [-0.1, -0.05) is 0 Å². The molecule has 0 saturated heterocycles. The van der Waals surface area contributed by atoms with E-state index in [1.807, 2.05) is 0 Å². The van der Waals surface area contributed by atoms with E-state index >= 15 is 0 Å². The third-order valence-electron chi connectivity index (χ3n) is 4.16. The molecule has 1 atom stereocenters. The summed E-state index contributed by atoms with van der Waals surface area (Å²) >= 11 is 0. The molecule has 0 aliphatic carbocycles. The fraction of sp³-hybridized carbons (Fsp3) is 0.105. The van der Waals surface area contributed by atoms with Crippen LogP contribution >= 0.6 is 0 Å². The number of carboxylic acids is 1. The second-order valence-corrected chi connectivity index (χ2v) is 5.99. The van der Waals surface area contributed by atoms with Crippen molar-refractivity contribution < 1.29 is 29.3 Å². The lowest BCUT2D eigenvalue weighted by Gasteiger charge is -2.12. The molecule has 0 bridgehead atoms. The number of carbonyl (C=O) groups excluding carboxylic acids is 1. The van der Waals surface area contributed by atoms with Gasteiger partial charge in [0.1, 0.15) is 5.82 Å². The van der Waals surface area contributed by atoms with Gasteiger partial charge in [0.2, 0.25) is 5.43 Å². The number of hydrogen-bond acceptors (Lipinski definition) is 5. The molecule has 3 rings (SSSR count). The Balaban J connectivity index is 2.07. The smallest absolute Gasteiger partial charge is 0.328 e. The number of benzene rings is 2. The maximum atomic E-state index is 13.1. The molecule has 3 aromatic rings. The lowest BCUT2D eigenvalue weighted by molar-refractivity contribution is -0.140. The summed E-state index contributed by atoms with van der Waals surface area (Å²) in [5.41, 5.74) is -0.0177. The van der Waals surface area contributed by atoms with Crippen LogP contribution in [0.15, 0.2) is 47.3 Å². The van der Waals surface area contributed by atoms with Crippen molar-refractivity contribution in [2.24, 2.45) is 0 Å². The quantitative estimate of drug-likeness (QED) is 0.447. The number of aromatic hydroxyl groups is 1. The maximum absolute atomic E-state index is 13.1. The molecule has 8 nitrogen and oxygen atoms in total. The number of aromatic nitrogens is 1. The third-order valence-corrected chi connectivity index (χ3v) is 4.16. The number of carboxylic acid groups (broad SMARTS) is 1. The Kier molecular flexibility index (Phi) is 5.10. The van der Waals surface area contributed by atoms with Gasteiger partial charge in [-0.2, -0.15) is 0 Å². The van der Waals surface area contributed by atoms with Gasteiger partial charge in [-0.05, 0) is 42.5 Å². The highest BCUT2D eigenvalue weighted by atomic mass is 19.1. The van der Waals surface area contributed by atoms with E-state index in [9.17, 15) is 23.9 Å². The predicted molar refractivity (Wildman–Crippen MR) is 97.6 cm³/mol. The highest BCUT2D eigenvalue weighted by Crippen LogP contribution is 2.27. The van der Waals surface area contributed by atoms with Crippen LogP contribution in [0.4, 0.5) is 4.39 Å². The molecule has 1 unspecified atom stereocenters. The van der Waals surface area contributed by atoms with Crippen molar-refractivity contribution in [2.45, 2.75) is 6.04 Å². The fourth-order valence-electron chi connectivity index (χ4n) is 2.67. The molecule has 5 N–H and O–H groups in total.